The zero-order chi connectivity index (χ0) is 17.8. The first-order valence-corrected chi connectivity index (χ1v) is 7.98. The molecular weight excluding hydrogens is 316 g/mol. The molecule has 1 N–H and O–H groups in total. The first-order valence-electron chi connectivity index (χ1n) is 7.98. The van der Waals surface area contributed by atoms with Gasteiger partial charge >= 0.3 is 0 Å². The van der Waals surface area contributed by atoms with Gasteiger partial charge in [0.15, 0.2) is 6.61 Å². The number of hydrogen-bond acceptors (Lipinski definition) is 4. The fraction of sp³-hybridized carbons (Fsp3) is 0.211. The van der Waals surface area contributed by atoms with Gasteiger partial charge in [-0.1, -0.05) is 23.8 Å². The van der Waals surface area contributed by atoms with E-state index in [0.29, 0.717) is 5.75 Å². The van der Waals surface area contributed by atoms with Crippen molar-refractivity contribution in [2.24, 2.45) is 0 Å². The summed E-state index contributed by atoms with van der Waals surface area (Å²) >= 11 is 0. The van der Waals surface area contributed by atoms with Gasteiger partial charge in [-0.15, -0.1) is 10.2 Å². The Kier molecular flexibility index (Phi) is 4.79. The Labute approximate surface area is 146 Å². The number of aryl methyl sites for hydroxylation is 3. The SMILES string of the molecule is Cc1ccc(NC(=O)COc2ccc(C)cc2-n2cnnc2)c(C)c1. The molecule has 0 aliphatic rings. The second-order valence-electron chi connectivity index (χ2n) is 6.00. The van der Waals surface area contributed by atoms with Crippen molar-refractivity contribution in [2.45, 2.75) is 20.8 Å². The topological polar surface area (TPSA) is 69.0 Å². The molecule has 6 nitrogen and oxygen atoms in total. The van der Waals surface area contributed by atoms with E-state index in [9.17, 15) is 4.79 Å². The lowest BCUT2D eigenvalue weighted by atomic mass is 10.1. The molecule has 1 aromatic heterocycles. The number of hydrogen-bond donors (Lipinski definition) is 1. The van der Waals surface area contributed by atoms with Crippen molar-refractivity contribution in [3.8, 4) is 11.4 Å². The molecule has 0 aliphatic heterocycles. The van der Waals surface area contributed by atoms with Crippen LogP contribution in [0.5, 0.6) is 5.75 Å². The average Bonchev–Trinajstić information content (AvgIpc) is 3.10. The first kappa shape index (κ1) is 16.7. The maximum Gasteiger partial charge on any atom is 0.262 e. The summed E-state index contributed by atoms with van der Waals surface area (Å²) in [5.74, 6) is 0.392. The van der Waals surface area contributed by atoms with Crippen molar-refractivity contribution in [1.82, 2.24) is 14.8 Å². The lowest BCUT2D eigenvalue weighted by Crippen LogP contribution is -2.21. The van der Waals surface area contributed by atoms with Gasteiger partial charge in [0.05, 0.1) is 5.69 Å². The van der Waals surface area contributed by atoms with E-state index in [1.54, 1.807) is 17.2 Å². The summed E-state index contributed by atoms with van der Waals surface area (Å²) in [7, 11) is 0. The van der Waals surface area contributed by atoms with Crippen LogP contribution in [0.2, 0.25) is 0 Å². The summed E-state index contributed by atoms with van der Waals surface area (Å²) in [5.41, 5.74) is 4.85. The zero-order valence-electron chi connectivity index (χ0n) is 14.5. The Morgan fingerprint density at radius 2 is 1.72 bits per heavy atom. The number of rotatable bonds is 5. The van der Waals surface area contributed by atoms with Crippen LogP contribution in [0.4, 0.5) is 5.69 Å². The molecule has 0 bridgehead atoms. The molecule has 3 aromatic rings. The molecule has 2 aromatic carbocycles. The van der Waals surface area contributed by atoms with E-state index in [0.717, 1.165) is 28.1 Å². The van der Waals surface area contributed by atoms with Crippen LogP contribution in [0.3, 0.4) is 0 Å². The van der Waals surface area contributed by atoms with Gasteiger partial charge in [-0.3, -0.25) is 9.36 Å². The molecule has 3 rings (SSSR count). The Bertz CT molecular complexity index is 888. The molecule has 0 aliphatic carbocycles. The van der Waals surface area contributed by atoms with E-state index >= 15 is 0 Å². The molecular formula is C19H20N4O2. The Morgan fingerprint density at radius 3 is 2.44 bits per heavy atom. The molecule has 0 unspecified atom stereocenters. The predicted molar refractivity (Wildman–Crippen MR) is 96.1 cm³/mol. The standard InChI is InChI=1S/C19H20N4O2/c1-13-4-6-16(15(3)8-13)22-19(24)10-25-18-7-5-14(2)9-17(18)23-11-20-21-12-23/h4-9,11-12H,10H2,1-3H3,(H,22,24). The summed E-state index contributed by atoms with van der Waals surface area (Å²) in [5, 5.41) is 10.5. The maximum atomic E-state index is 12.2. The fourth-order valence-corrected chi connectivity index (χ4v) is 2.56. The highest BCUT2D eigenvalue weighted by molar-refractivity contribution is 5.92. The van der Waals surface area contributed by atoms with Crippen molar-refractivity contribution < 1.29 is 9.53 Å². The van der Waals surface area contributed by atoms with Crippen molar-refractivity contribution in [1.29, 1.82) is 0 Å². The molecule has 1 amide bonds. The van der Waals surface area contributed by atoms with Gasteiger partial charge in [-0.25, -0.2) is 0 Å². The molecule has 25 heavy (non-hydrogen) atoms. The first-order chi connectivity index (χ1) is 12.0. The Morgan fingerprint density at radius 1 is 1.04 bits per heavy atom. The molecule has 1 heterocycles. The number of nitrogens with one attached hydrogen (secondary N) is 1. The quantitative estimate of drug-likeness (QED) is 0.777. The van der Waals surface area contributed by atoms with E-state index in [2.05, 4.69) is 15.5 Å². The lowest BCUT2D eigenvalue weighted by Gasteiger charge is -2.13. The average molecular weight is 336 g/mol. The van der Waals surface area contributed by atoms with Crippen LogP contribution >= 0.6 is 0 Å². The van der Waals surface area contributed by atoms with E-state index in [1.165, 1.54) is 0 Å². The van der Waals surface area contributed by atoms with Gasteiger partial charge in [0, 0.05) is 5.69 Å². The highest BCUT2D eigenvalue weighted by atomic mass is 16.5. The van der Waals surface area contributed by atoms with Crippen LogP contribution in [-0.4, -0.2) is 27.3 Å². The zero-order valence-corrected chi connectivity index (χ0v) is 14.5. The van der Waals surface area contributed by atoms with E-state index in [1.807, 2.05) is 57.2 Å². The van der Waals surface area contributed by atoms with Crippen LogP contribution in [0.15, 0.2) is 49.1 Å². The normalized spacial score (nSPS) is 10.5. The van der Waals surface area contributed by atoms with Crippen LogP contribution < -0.4 is 10.1 Å². The summed E-state index contributed by atoms with van der Waals surface area (Å²) in [6.07, 6.45) is 3.19. The molecule has 0 atom stereocenters. The highest BCUT2D eigenvalue weighted by Gasteiger charge is 2.10. The smallest absolute Gasteiger partial charge is 0.262 e. The molecule has 6 heteroatoms. The third-order valence-electron chi connectivity index (χ3n) is 3.83. The van der Waals surface area contributed by atoms with Gasteiger partial charge in [0.25, 0.3) is 5.91 Å². The number of anilines is 1. The Balaban J connectivity index is 1.70. The van der Waals surface area contributed by atoms with Gasteiger partial charge in [0.2, 0.25) is 0 Å². The second-order valence-corrected chi connectivity index (χ2v) is 6.00. The van der Waals surface area contributed by atoms with Gasteiger partial charge < -0.3 is 10.1 Å². The molecule has 0 radical (unpaired) electrons. The van der Waals surface area contributed by atoms with E-state index in [-0.39, 0.29) is 12.5 Å². The van der Waals surface area contributed by atoms with Crippen molar-refractivity contribution in [3.63, 3.8) is 0 Å². The van der Waals surface area contributed by atoms with E-state index < -0.39 is 0 Å². The van der Waals surface area contributed by atoms with Crippen LogP contribution in [0.1, 0.15) is 16.7 Å². The number of aromatic nitrogens is 3. The number of nitrogens with zero attached hydrogens (tertiary/aromatic N) is 3. The van der Waals surface area contributed by atoms with Crippen molar-refractivity contribution in [2.75, 3.05) is 11.9 Å². The van der Waals surface area contributed by atoms with Crippen molar-refractivity contribution in [3.05, 3.63) is 65.7 Å². The molecule has 0 saturated heterocycles. The summed E-state index contributed by atoms with van der Waals surface area (Å²) in [6, 6.07) is 11.6. The number of carbonyl (C=O) groups is 1. The Hall–Kier alpha value is -3.15. The van der Waals surface area contributed by atoms with E-state index in [4.69, 9.17) is 4.74 Å². The predicted octanol–water partition coefficient (Wildman–Crippen LogP) is 3.21. The van der Waals surface area contributed by atoms with Crippen LogP contribution in [0, 0.1) is 20.8 Å². The van der Waals surface area contributed by atoms with Crippen LogP contribution in [-0.2, 0) is 4.79 Å². The maximum absolute atomic E-state index is 12.2. The number of benzene rings is 2. The lowest BCUT2D eigenvalue weighted by molar-refractivity contribution is -0.118. The van der Waals surface area contributed by atoms with Gasteiger partial charge in [-0.2, -0.15) is 0 Å². The van der Waals surface area contributed by atoms with Gasteiger partial charge in [-0.05, 0) is 50.1 Å². The second kappa shape index (κ2) is 7.17. The number of amides is 1. The minimum Gasteiger partial charge on any atom is -0.482 e. The molecule has 128 valence electrons. The molecule has 0 fully saturated rings. The monoisotopic (exact) mass is 336 g/mol. The highest BCUT2D eigenvalue weighted by Crippen LogP contribution is 2.24. The largest absolute Gasteiger partial charge is 0.482 e. The van der Waals surface area contributed by atoms with Crippen molar-refractivity contribution >= 4 is 11.6 Å². The van der Waals surface area contributed by atoms with Gasteiger partial charge in [0.1, 0.15) is 18.4 Å². The minimum absolute atomic E-state index is 0.0779. The third kappa shape index (κ3) is 4.03. The van der Waals surface area contributed by atoms with Crippen LogP contribution in [0.25, 0.3) is 5.69 Å². The summed E-state index contributed by atoms with van der Waals surface area (Å²) in [6.45, 7) is 5.90. The number of carbonyl (C=O) groups excluding carboxylic acids is 1. The fourth-order valence-electron chi connectivity index (χ4n) is 2.56. The number of ether oxygens (including phenoxy) is 1. The summed E-state index contributed by atoms with van der Waals surface area (Å²) < 4.78 is 7.48. The third-order valence-corrected chi connectivity index (χ3v) is 3.83. The molecule has 0 spiro atoms. The minimum atomic E-state index is -0.206. The summed E-state index contributed by atoms with van der Waals surface area (Å²) in [4.78, 5) is 12.2. The molecule has 0 saturated carbocycles.